The molecule has 5 heteroatoms. The largest absolute Gasteiger partial charge is 0.445 e. The fraction of sp³-hybridized carbons (Fsp3) is 0.938. The van der Waals surface area contributed by atoms with E-state index in [2.05, 4.69) is 39.6 Å². The zero-order chi connectivity index (χ0) is 15.6. The number of ether oxygens (including phenoxy) is 2. The number of rotatable bonds is 3. The van der Waals surface area contributed by atoms with Crippen molar-refractivity contribution in [2.24, 2.45) is 0 Å². The van der Waals surface area contributed by atoms with Crippen molar-refractivity contribution in [1.29, 1.82) is 0 Å². The summed E-state index contributed by atoms with van der Waals surface area (Å²) in [6.45, 7) is 10.8. The molecule has 3 atom stereocenters. The van der Waals surface area contributed by atoms with Gasteiger partial charge in [0.05, 0.1) is 11.7 Å². The van der Waals surface area contributed by atoms with Crippen molar-refractivity contribution < 1.29 is 14.3 Å². The third kappa shape index (κ3) is 4.58. The van der Waals surface area contributed by atoms with E-state index in [1.54, 1.807) is 0 Å². The highest BCUT2D eigenvalue weighted by atomic mass is 16.6. The predicted molar refractivity (Wildman–Crippen MR) is 82.4 cm³/mol. The van der Waals surface area contributed by atoms with Gasteiger partial charge in [0.25, 0.3) is 0 Å². The van der Waals surface area contributed by atoms with Gasteiger partial charge in [0.1, 0.15) is 6.10 Å². The fourth-order valence-corrected chi connectivity index (χ4v) is 3.37. The van der Waals surface area contributed by atoms with Gasteiger partial charge in [-0.3, -0.25) is 4.90 Å². The smallest absolute Gasteiger partial charge is 0.410 e. The first-order valence-electron chi connectivity index (χ1n) is 8.10. The number of likely N-dealkylation sites (tertiary alicyclic amines) is 2. The van der Waals surface area contributed by atoms with E-state index < -0.39 is 0 Å². The summed E-state index contributed by atoms with van der Waals surface area (Å²) >= 11 is 0. The minimum absolute atomic E-state index is 0.0147. The van der Waals surface area contributed by atoms with Crippen LogP contribution in [0.15, 0.2) is 0 Å². The van der Waals surface area contributed by atoms with Crippen molar-refractivity contribution in [3.63, 3.8) is 0 Å². The maximum Gasteiger partial charge on any atom is 0.410 e. The lowest BCUT2D eigenvalue weighted by Crippen LogP contribution is -2.40. The van der Waals surface area contributed by atoms with Gasteiger partial charge in [-0.15, -0.1) is 0 Å². The van der Waals surface area contributed by atoms with Crippen molar-refractivity contribution in [1.82, 2.24) is 9.80 Å². The zero-order valence-electron chi connectivity index (χ0n) is 14.1. The molecule has 0 bridgehead atoms. The van der Waals surface area contributed by atoms with E-state index in [0.717, 1.165) is 38.9 Å². The average Bonchev–Trinajstić information content (AvgIpc) is 2.96. The molecule has 0 aliphatic carbocycles. The fourth-order valence-electron chi connectivity index (χ4n) is 3.37. The summed E-state index contributed by atoms with van der Waals surface area (Å²) in [7, 11) is 2.08. The molecule has 2 aliphatic rings. The van der Waals surface area contributed by atoms with Gasteiger partial charge < -0.3 is 14.4 Å². The molecule has 2 fully saturated rings. The standard InChI is InChI=1S/C16H30N2O3/c1-12(21-16(2,3)4)14-10-13(11-17(14)5)20-15(19)18-8-6-7-9-18/h12-14H,6-11H2,1-5H3/t12-,13?,14?/m0/s1. The maximum atomic E-state index is 12.1. The Morgan fingerprint density at radius 2 is 1.86 bits per heavy atom. The van der Waals surface area contributed by atoms with Crippen LogP contribution in [0.4, 0.5) is 4.79 Å². The van der Waals surface area contributed by atoms with E-state index in [1.807, 2.05) is 4.90 Å². The highest BCUT2D eigenvalue weighted by Gasteiger charge is 2.37. The first-order chi connectivity index (χ1) is 9.76. The molecule has 1 amide bonds. The Morgan fingerprint density at radius 3 is 2.43 bits per heavy atom. The van der Waals surface area contributed by atoms with Crippen molar-refractivity contribution >= 4 is 6.09 Å². The van der Waals surface area contributed by atoms with E-state index in [9.17, 15) is 4.79 Å². The van der Waals surface area contributed by atoms with Gasteiger partial charge in [-0.2, -0.15) is 0 Å². The first-order valence-corrected chi connectivity index (χ1v) is 8.10. The van der Waals surface area contributed by atoms with Crippen LogP contribution < -0.4 is 0 Å². The normalized spacial score (nSPS) is 28.9. The number of hydrogen-bond acceptors (Lipinski definition) is 4. The van der Waals surface area contributed by atoms with Crippen LogP contribution in [0.5, 0.6) is 0 Å². The molecule has 0 spiro atoms. The van der Waals surface area contributed by atoms with Crippen LogP contribution in [0.3, 0.4) is 0 Å². The Bertz CT molecular complexity index is 361. The summed E-state index contributed by atoms with van der Waals surface area (Å²) in [5, 5.41) is 0. The van der Waals surface area contributed by atoms with Crippen LogP contribution in [0.25, 0.3) is 0 Å². The van der Waals surface area contributed by atoms with Crippen LogP contribution in [-0.2, 0) is 9.47 Å². The highest BCUT2D eigenvalue weighted by Crippen LogP contribution is 2.26. The number of carbonyl (C=O) groups is 1. The summed E-state index contributed by atoms with van der Waals surface area (Å²) in [4.78, 5) is 16.1. The number of nitrogens with zero attached hydrogens (tertiary/aromatic N) is 2. The summed E-state index contributed by atoms with van der Waals surface area (Å²) in [5.41, 5.74) is -0.148. The summed E-state index contributed by atoms with van der Waals surface area (Å²) < 4.78 is 11.7. The van der Waals surface area contributed by atoms with Gasteiger partial charge in [0.2, 0.25) is 0 Å². The summed E-state index contributed by atoms with van der Waals surface area (Å²) in [6.07, 6.45) is 3.02. The molecule has 0 N–H and O–H groups in total. The molecule has 0 saturated carbocycles. The Kier molecular flexibility index (Phi) is 5.15. The molecule has 5 nitrogen and oxygen atoms in total. The van der Waals surface area contributed by atoms with E-state index >= 15 is 0 Å². The molecule has 0 radical (unpaired) electrons. The summed E-state index contributed by atoms with van der Waals surface area (Å²) in [6, 6.07) is 0.306. The van der Waals surface area contributed by atoms with Gasteiger partial charge in [0, 0.05) is 32.1 Å². The SMILES string of the molecule is C[C@H](OC(C)(C)C)C1CC(OC(=O)N2CCCC2)CN1C. The molecule has 2 unspecified atom stereocenters. The minimum Gasteiger partial charge on any atom is -0.445 e. The van der Waals surface area contributed by atoms with Crippen LogP contribution in [0.1, 0.15) is 47.0 Å². The zero-order valence-corrected chi connectivity index (χ0v) is 14.1. The topological polar surface area (TPSA) is 42.0 Å². The van der Waals surface area contributed by atoms with E-state index in [0.29, 0.717) is 6.04 Å². The van der Waals surface area contributed by atoms with Crippen molar-refractivity contribution in [3.8, 4) is 0 Å². The number of amides is 1. The monoisotopic (exact) mass is 298 g/mol. The molecule has 2 heterocycles. The van der Waals surface area contributed by atoms with Crippen molar-refractivity contribution in [3.05, 3.63) is 0 Å². The second-order valence-electron chi connectivity index (χ2n) is 7.38. The molecule has 122 valence electrons. The Hall–Kier alpha value is -0.810. The molecular weight excluding hydrogens is 268 g/mol. The predicted octanol–water partition coefficient (Wildman–Crippen LogP) is 2.50. The third-order valence-electron chi connectivity index (χ3n) is 4.28. The molecule has 0 aromatic rings. The maximum absolute atomic E-state index is 12.1. The molecule has 0 aromatic heterocycles. The molecule has 2 rings (SSSR count). The molecule has 0 aromatic carbocycles. The van der Waals surface area contributed by atoms with E-state index in [1.165, 1.54) is 0 Å². The summed E-state index contributed by atoms with van der Waals surface area (Å²) in [5.74, 6) is 0. The lowest BCUT2D eigenvalue weighted by atomic mass is 10.1. The first kappa shape index (κ1) is 16.6. The lowest BCUT2D eigenvalue weighted by molar-refractivity contribution is -0.0781. The second-order valence-corrected chi connectivity index (χ2v) is 7.38. The Morgan fingerprint density at radius 1 is 1.24 bits per heavy atom. The van der Waals surface area contributed by atoms with E-state index in [4.69, 9.17) is 9.47 Å². The van der Waals surface area contributed by atoms with Gasteiger partial charge in [0.15, 0.2) is 0 Å². The molecule has 2 saturated heterocycles. The van der Waals surface area contributed by atoms with Gasteiger partial charge in [-0.1, -0.05) is 0 Å². The van der Waals surface area contributed by atoms with Crippen LogP contribution in [-0.4, -0.2) is 66.4 Å². The lowest BCUT2D eigenvalue weighted by Gasteiger charge is -2.31. The van der Waals surface area contributed by atoms with Crippen LogP contribution in [0.2, 0.25) is 0 Å². The number of hydrogen-bond donors (Lipinski definition) is 0. The Balaban J connectivity index is 1.84. The van der Waals surface area contributed by atoms with Crippen LogP contribution >= 0.6 is 0 Å². The van der Waals surface area contributed by atoms with Gasteiger partial charge in [-0.25, -0.2) is 4.79 Å². The average molecular weight is 298 g/mol. The van der Waals surface area contributed by atoms with Gasteiger partial charge >= 0.3 is 6.09 Å². The van der Waals surface area contributed by atoms with Crippen molar-refractivity contribution in [2.75, 3.05) is 26.7 Å². The van der Waals surface area contributed by atoms with Crippen molar-refractivity contribution in [2.45, 2.75) is 70.8 Å². The highest BCUT2D eigenvalue weighted by molar-refractivity contribution is 5.68. The molecular formula is C16H30N2O3. The quantitative estimate of drug-likeness (QED) is 0.803. The number of likely N-dealkylation sites (N-methyl/N-ethyl adjacent to an activating group) is 1. The van der Waals surface area contributed by atoms with Gasteiger partial charge in [-0.05, 0) is 47.6 Å². The van der Waals surface area contributed by atoms with E-state index in [-0.39, 0.29) is 23.9 Å². The minimum atomic E-state index is -0.148. The number of carbonyl (C=O) groups excluding carboxylic acids is 1. The Labute approximate surface area is 128 Å². The molecule has 2 aliphatic heterocycles. The molecule has 21 heavy (non-hydrogen) atoms. The third-order valence-corrected chi connectivity index (χ3v) is 4.28. The van der Waals surface area contributed by atoms with Crippen LogP contribution in [0, 0.1) is 0 Å². The second kappa shape index (κ2) is 6.53.